The molecular formula is C9H16O2. The monoisotopic (exact) mass is 156 g/mol. The highest BCUT2D eigenvalue weighted by atomic mass is 16.3. The van der Waals surface area contributed by atoms with Gasteiger partial charge in [-0.2, -0.15) is 0 Å². The summed E-state index contributed by atoms with van der Waals surface area (Å²) >= 11 is 0. The Morgan fingerprint density at radius 3 is 2.73 bits per heavy atom. The first-order valence-electron chi connectivity index (χ1n) is 3.99. The molecule has 2 heteroatoms. The number of allylic oxidation sites excluding steroid dienone is 1. The van der Waals surface area contributed by atoms with Crippen molar-refractivity contribution in [1.29, 1.82) is 0 Å². The van der Waals surface area contributed by atoms with Gasteiger partial charge in [0.2, 0.25) is 0 Å². The van der Waals surface area contributed by atoms with Gasteiger partial charge >= 0.3 is 0 Å². The maximum absolute atomic E-state index is 10.0. The van der Waals surface area contributed by atoms with Crippen LogP contribution in [-0.4, -0.2) is 17.5 Å². The molecule has 2 nitrogen and oxygen atoms in total. The molecule has 0 aliphatic carbocycles. The van der Waals surface area contributed by atoms with E-state index in [1.165, 1.54) is 0 Å². The third-order valence-electron chi connectivity index (χ3n) is 1.47. The fourth-order valence-corrected chi connectivity index (χ4v) is 0.907. The van der Waals surface area contributed by atoms with Crippen LogP contribution in [0.5, 0.6) is 0 Å². The van der Waals surface area contributed by atoms with Crippen molar-refractivity contribution in [3.63, 3.8) is 0 Å². The zero-order chi connectivity index (χ0) is 8.69. The van der Waals surface area contributed by atoms with Crippen LogP contribution in [0.1, 0.15) is 33.1 Å². The van der Waals surface area contributed by atoms with E-state index < -0.39 is 0 Å². The molecule has 0 bridgehead atoms. The van der Waals surface area contributed by atoms with Gasteiger partial charge in [-0.3, -0.25) is 0 Å². The lowest BCUT2D eigenvalue weighted by atomic mass is 10.1. The predicted octanol–water partition coefficient (Wildman–Crippen LogP) is 1.68. The quantitative estimate of drug-likeness (QED) is 0.485. The standard InChI is InChI=1S/C9H16O2/c1-3-4-9(11)7-8(2)5-6-10/h6-7,9,11H,3-5H2,1-2H3. The number of aldehydes is 1. The molecule has 0 radical (unpaired) electrons. The molecule has 1 atom stereocenters. The van der Waals surface area contributed by atoms with Crippen LogP contribution < -0.4 is 0 Å². The summed E-state index contributed by atoms with van der Waals surface area (Å²) in [5.41, 5.74) is 0.945. The number of rotatable bonds is 5. The fourth-order valence-electron chi connectivity index (χ4n) is 0.907. The average Bonchev–Trinajstić information content (AvgIpc) is 1.87. The Morgan fingerprint density at radius 2 is 2.27 bits per heavy atom. The summed E-state index contributed by atoms with van der Waals surface area (Å²) in [7, 11) is 0. The van der Waals surface area contributed by atoms with Crippen LogP contribution in [-0.2, 0) is 4.79 Å². The van der Waals surface area contributed by atoms with Crippen molar-refractivity contribution in [2.75, 3.05) is 0 Å². The van der Waals surface area contributed by atoms with Crippen molar-refractivity contribution in [2.45, 2.75) is 39.2 Å². The molecule has 0 amide bonds. The molecule has 0 aromatic carbocycles. The minimum Gasteiger partial charge on any atom is -0.389 e. The molecule has 0 aromatic heterocycles. The molecule has 64 valence electrons. The maximum Gasteiger partial charge on any atom is 0.124 e. The molecule has 0 aliphatic rings. The zero-order valence-corrected chi connectivity index (χ0v) is 7.21. The van der Waals surface area contributed by atoms with Crippen LogP contribution in [0.3, 0.4) is 0 Å². The number of hydrogen-bond donors (Lipinski definition) is 1. The van der Waals surface area contributed by atoms with Gasteiger partial charge in [0.15, 0.2) is 0 Å². The first kappa shape index (κ1) is 10.4. The normalized spacial score (nSPS) is 14.6. The van der Waals surface area contributed by atoms with Gasteiger partial charge in [0.05, 0.1) is 6.10 Å². The smallest absolute Gasteiger partial charge is 0.124 e. The number of aliphatic hydroxyl groups excluding tert-OH is 1. The second kappa shape index (κ2) is 6.10. The molecule has 0 rings (SSSR count). The number of aliphatic hydroxyl groups is 1. The van der Waals surface area contributed by atoms with E-state index >= 15 is 0 Å². The average molecular weight is 156 g/mol. The summed E-state index contributed by atoms with van der Waals surface area (Å²) in [5.74, 6) is 0. The predicted molar refractivity (Wildman–Crippen MR) is 45.4 cm³/mol. The summed E-state index contributed by atoms with van der Waals surface area (Å²) in [6.07, 6.45) is 4.39. The molecule has 0 saturated heterocycles. The summed E-state index contributed by atoms with van der Waals surface area (Å²) < 4.78 is 0. The maximum atomic E-state index is 10.0. The van der Waals surface area contributed by atoms with E-state index in [1.807, 2.05) is 13.8 Å². The Labute approximate surface area is 67.9 Å². The first-order valence-corrected chi connectivity index (χ1v) is 3.99. The SMILES string of the molecule is CCCC(O)C=C(C)CC=O. The van der Waals surface area contributed by atoms with E-state index in [1.54, 1.807) is 6.08 Å². The molecule has 0 aliphatic heterocycles. The molecule has 0 heterocycles. The highest BCUT2D eigenvalue weighted by molar-refractivity contribution is 5.53. The molecule has 1 N–H and O–H groups in total. The van der Waals surface area contributed by atoms with Crippen LogP contribution in [0, 0.1) is 0 Å². The Bertz CT molecular complexity index is 138. The van der Waals surface area contributed by atoms with Crippen LogP contribution in [0.15, 0.2) is 11.6 Å². The van der Waals surface area contributed by atoms with Crippen LogP contribution in [0.2, 0.25) is 0 Å². The molecular weight excluding hydrogens is 140 g/mol. The lowest BCUT2D eigenvalue weighted by Crippen LogP contribution is -2.01. The minimum absolute atomic E-state index is 0.375. The molecule has 0 saturated carbocycles. The Balaban J connectivity index is 3.75. The molecule has 11 heavy (non-hydrogen) atoms. The largest absolute Gasteiger partial charge is 0.389 e. The number of carbonyl (C=O) groups excluding carboxylic acids is 1. The Hall–Kier alpha value is -0.630. The van der Waals surface area contributed by atoms with Crippen molar-refractivity contribution in [3.05, 3.63) is 11.6 Å². The van der Waals surface area contributed by atoms with Crippen LogP contribution in [0.25, 0.3) is 0 Å². The molecule has 1 unspecified atom stereocenters. The summed E-state index contributed by atoms with van der Waals surface area (Å²) in [6.45, 7) is 3.87. The van der Waals surface area contributed by atoms with Crippen molar-refractivity contribution in [3.8, 4) is 0 Å². The van der Waals surface area contributed by atoms with Gasteiger partial charge in [0.25, 0.3) is 0 Å². The second-order valence-corrected chi connectivity index (χ2v) is 2.74. The van der Waals surface area contributed by atoms with Gasteiger partial charge < -0.3 is 9.90 Å². The molecule has 0 aromatic rings. The van der Waals surface area contributed by atoms with Crippen molar-refractivity contribution < 1.29 is 9.90 Å². The van der Waals surface area contributed by atoms with Gasteiger partial charge in [-0.25, -0.2) is 0 Å². The van der Waals surface area contributed by atoms with Crippen molar-refractivity contribution in [1.82, 2.24) is 0 Å². The van der Waals surface area contributed by atoms with Gasteiger partial charge in [-0.05, 0) is 13.3 Å². The lowest BCUT2D eigenvalue weighted by Gasteiger charge is -2.03. The Kier molecular flexibility index (Phi) is 5.75. The summed E-state index contributed by atoms with van der Waals surface area (Å²) in [4.78, 5) is 10.0. The Morgan fingerprint density at radius 1 is 1.64 bits per heavy atom. The zero-order valence-electron chi connectivity index (χ0n) is 7.21. The summed E-state index contributed by atoms with van der Waals surface area (Å²) in [6, 6.07) is 0. The fraction of sp³-hybridized carbons (Fsp3) is 0.667. The van der Waals surface area contributed by atoms with Gasteiger partial charge in [-0.15, -0.1) is 0 Å². The highest BCUT2D eigenvalue weighted by Gasteiger charge is 1.97. The third-order valence-corrected chi connectivity index (χ3v) is 1.47. The van der Waals surface area contributed by atoms with E-state index in [9.17, 15) is 9.90 Å². The topological polar surface area (TPSA) is 37.3 Å². The van der Waals surface area contributed by atoms with E-state index in [2.05, 4.69) is 0 Å². The van der Waals surface area contributed by atoms with Gasteiger partial charge in [-0.1, -0.05) is 25.0 Å². The number of hydrogen-bond acceptors (Lipinski definition) is 2. The summed E-state index contributed by atoms with van der Waals surface area (Å²) in [5, 5.41) is 9.25. The van der Waals surface area contributed by atoms with E-state index in [0.717, 1.165) is 24.7 Å². The van der Waals surface area contributed by atoms with Crippen molar-refractivity contribution >= 4 is 6.29 Å². The van der Waals surface area contributed by atoms with Crippen LogP contribution in [0.4, 0.5) is 0 Å². The third kappa shape index (κ3) is 5.80. The molecule has 0 spiro atoms. The molecule has 0 fully saturated rings. The number of carbonyl (C=O) groups is 1. The first-order chi connectivity index (χ1) is 5.20. The highest BCUT2D eigenvalue weighted by Crippen LogP contribution is 2.03. The van der Waals surface area contributed by atoms with E-state index in [0.29, 0.717) is 6.42 Å². The second-order valence-electron chi connectivity index (χ2n) is 2.74. The van der Waals surface area contributed by atoms with Gasteiger partial charge in [0, 0.05) is 6.42 Å². The minimum atomic E-state index is -0.375. The van der Waals surface area contributed by atoms with Gasteiger partial charge in [0.1, 0.15) is 6.29 Å². The van der Waals surface area contributed by atoms with E-state index in [-0.39, 0.29) is 6.10 Å². The van der Waals surface area contributed by atoms with Crippen LogP contribution >= 0.6 is 0 Å². The van der Waals surface area contributed by atoms with Crippen molar-refractivity contribution in [2.24, 2.45) is 0 Å². The van der Waals surface area contributed by atoms with E-state index in [4.69, 9.17) is 0 Å². The lowest BCUT2D eigenvalue weighted by molar-refractivity contribution is -0.107.